The van der Waals surface area contributed by atoms with Crippen molar-refractivity contribution in [1.29, 1.82) is 0 Å². The van der Waals surface area contributed by atoms with Crippen LogP contribution in [0.1, 0.15) is 21.7 Å². The molecule has 0 saturated carbocycles. The molecule has 2 rings (SSSR count). The number of carbonyl (C=O) groups is 1. The minimum atomic E-state index is -1.24. The van der Waals surface area contributed by atoms with Gasteiger partial charge in [0, 0.05) is 0 Å². The molecular weight excluding hydrogens is 273 g/mol. The molecule has 0 aliphatic heterocycles. The summed E-state index contributed by atoms with van der Waals surface area (Å²) in [6, 6.07) is 8.76. The van der Waals surface area contributed by atoms with Crippen LogP contribution in [0.2, 0.25) is 0 Å². The molecule has 1 aromatic carbocycles. The van der Waals surface area contributed by atoms with Crippen LogP contribution in [-0.4, -0.2) is 10.9 Å². The monoisotopic (exact) mass is 281 g/mol. The van der Waals surface area contributed by atoms with Gasteiger partial charge in [-0.2, -0.15) is 0 Å². The van der Waals surface area contributed by atoms with Gasteiger partial charge in [-0.25, -0.2) is 0 Å². The number of nitrogens with zero attached hydrogens (tertiary/aromatic N) is 1. The van der Waals surface area contributed by atoms with E-state index in [9.17, 15) is 20.0 Å². The van der Waals surface area contributed by atoms with Gasteiger partial charge in [0.15, 0.2) is 0 Å². The second-order valence-corrected chi connectivity index (χ2v) is 3.68. The van der Waals surface area contributed by atoms with Gasteiger partial charge in [-0.3, -0.25) is 10.1 Å². The van der Waals surface area contributed by atoms with E-state index in [-0.39, 0.29) is 41.0 Å². The molecule has 0 fully saturated rings. The normalized spacial score (nSPS) is 10.2. The molecule has 96 valence electrons. The van der Waals surface area contributed by atoms with Crippen LogP contribution in [0.3, 0.4) is 0 Å². The van der Waals surface area contributed by atoms with Gasteiger partial charge in [-0.1, -0.05) is 30.3 Å². The number of benzene rings is 1. The number of rotatable bonds is 4. The van der Waals surface area contributed by atoms with E-state index in [0.717, 1.165) is 5.56 Å². The van der Waals surface area contributed by atoms with Crippen LogP contribution in [0.25, 0.3) is 12.2 Å². The third kappa shape index (κ3) is 4.06. The Balaban J connectivity index is 0.00000200. The molecule has 0 spiro atoms. The minimum Gasteiger partial charge on any atom is -0.545 e. The number of carbonyl (C=O) groups excluding carboxylic acids is 1. The van der Waals surface area contributed by atoms with Crippen molar-refractivity contribution in [3.8, 4) is 0 Å². The van der Waals surface area contributed by atoms with E-state index in [1.165, 1.54) is 24.3 Å². The Morgan fingerprint density at radius 2 is 1.75 bits per heavy atom. The molecule has 0 N–H and O–H groups in total. The third-order valence-electron chi connectivity index (χ3n) is 2.38. The van der Waals surface area contributed by atoms with Crippen molar-refractivity contribution >= 4 is 24.0 Å². The second kappa shape index (κ2) is 7.04. The molecule has 0 aliphatic rings. The first kappa shape index (κ1) is 16.2. The Morgan fingerprint density at radius 1 is 1.10 bits per heavy atom. The first-order valence-corrected chi connectivity index (χ1v) is 5.30. The third-order valence-corrected chi connectivity index (χ3v) is 2.38. The van der Waals surface area contributed by atoms with Crippen molar-refractivity contribution in [2.24, 2.45) is 0 Å². The molecule has 0 saturated heterocycles. The first-order chi connectivity index (χ1) is 9.06. The molecule has 6 nitrogen and oxygen atoms in total. The summed E-state index contributed by atoms with van der Waals surface area (Å²) in [5.74, 6) is -1.22. The SMILES string of the molecule is O=C([O-])c1ccc(/C=C\c2ccc([N+](=O)[O-])o2)cc1.[Na+]. The fourth-order valence-electron chi connectivity index (χ4n) is 1.44. The van der Waals surface area contributed by atoms with Gasteiger partial charge in [0.05, 0.1) is 12.0 Å². The fourth-order valence-corrected chi connectivity index (χ4v) is 1.44. The van der Waals surface area contributed by atoms with Crippen LogP contribution in [0, 0.1) is 10.1 Å². The van der Waals surface area contributed by atoms with E-state index < -0.39 is 10.9 Å². The summed E-state index contributed by atoms with van der Waals surface area (Å²) in [5.41, 5.74) is 0.829. The van der Waals surface area contributed by atoms with Crippen LogP contribution in [0.5, 0.6) is 0 Å². The molecular formula is C13H8NNaO5. The standard InChI is InChI=1S/C13H9NO5.Na/c15-13(16)10-4-1-9(2-5-10)3-6-11-7-8-12(19-11)14(17)18;/h1-8H,(H,15,16);/q;+1/p-1/b6-3-;. The Bertz CT molecular complexity index is 645. The van der Waals surface area contributed by atoms with Crippen LogP contribution >= 0.6 is 0 Å². The molecule has 20 heavy (non-hydrogen) atoms. The van der Waals surface area contributed by atoms with Gasteiger partial charge in [0.2, 0.25) is 0 Å². The van der Waals surface area contributed by atoms with Crippen molar-refractivity contribution in [1.82, 2.24) is 0 Å². The molecule has 1 aromatic heterocycles. The quantitative estimate of drug-likeness (QED) is 0.395. The Kier molecular flexibility index (Phi) is 5.69. The number of hydrogen-bond donors (Lipinski definition) is 0. The predicted octanol–water partition coefficient (Wildman–Crippen LogP) is -1.27. The summed E-state index contributed by atoms with van der Waals surface area (Å²) < 4.78 is 4.94. The molecule has 0 atom stereocenters. The van der Waals surface area contributed by atoms with Crippen molar-refractivity contribution in [2.75, 3.05) is 0 Å². The summed E-state index contributed by atoms with van der Waals surface area (Å²) in [4.78, 5) is 20.3. The number of carboxylic acid groups (broad SMARTS) is 1. The molecule has 0 unspecified atom stereocenters. The zero-order valence-corrected chi connectivity index (χ0v) is 12.6. The largest absolute Gasteiger partial charge is 1.00 e. The van der Waals surface area contributed by atoms with Gasteiger partial charge >= 0.3 is 35.4 Å². The maximum atomic E-state index is 10.6. The molecule has 0 radical (unpaired) electrons. The topological polar surface area (TPSA) is 96.4 Å². The number of hydrogen-bond acceptors (Lipinski definition) is 5. The molecule has 0 amide bonds. The number of carboxylic acids is 1. The first-order valence-electron chi connectivity index (χ1n) is 5.30. The number of nitro groups is 1. The average molecular weight is 281 g/mol. The molecule has 2 aromatic rings. The van der Waals surface area contributed by atoms with E-state index in [1.807, 2.05) is 0 Å². The van der Waals surface area contributed by atoms with Gasteiger partial charge in [0.25, 0.3) is 0 Å². The van der Waals surface area contributed by atoms with Crippen LogP contribution in [-0.2, 0) is 0 Å². The summed E-state index contributed by atoms with van der Waals surface area (Å²) in [6.07, 6.45) is 3.21. The molecule has 0 bridgehead atoms. The zero-order valence-electron chi connectivity index (χ0n) is 10.6. The van der Waals surface area contributed by atoms with Gasteiger partial charge in [-0.05, 0) is 23.3 Å². The van der Waals surface area contributed by atoms with Gasteiger partial charge in [-0.15, -0.1) is 0 Å². The summed E-state index contributed by atoms with van der Waals surface area (Å²) in [6.45, 7) is 0. The van der Waals surface area contributed by atoms with Crippen LogP contribution in [0.15, 0.2) is 40.8 Å². The number of aromatic carboxylic acids is 1. The van der Waals surface area contributed by atoms with Crippen molar-refractivity contribution in [3.05, 3.63) is 63.4 Å². The molecule has 1 heterocycles. The minimum absolute atomic E-state index is 0. The van der Waals surface area contributed by atoms with E-state index in [0.29, 0.717) is 5.76 Å². The molecule has 7 heteroatoms. The summed E-state index contributed by atoms with van der Waals surface area (Å²) >= 11 is 0. The number of furan rings is 1. The Morgan fingerprint density at radius 3 is 2.25 bits per heavy atom. The summed E-state index contributed by atoms with van der Waals surface area (Å²) in [7, 11) is 0. The Labute approximate surface area is 136 Å². The fraction of sp³-hybridized carbons (Fsp3) is 0. The van der Waals surface area contributed by atoms with Gasteiger partial charge in [0.1, 0.15) is 10.7 Å². The predicted molar refractivity (Wildman–Crippen MR) is 65.1 cm³/mol. The second-order valence-electron chi connectivity index (χ2n) is 3.68. The smallest absolute Gasteiger partial charge is 0.545 e. The van der Waals surface area contributed by atoms with E-state index in [2.05, 4.69) is 0 Å². The zero-order chi connectivity index (χ0) is 13.8. The van der Waals surface area contributed by atoms with Crippen molar-refractivity contribution in [2.45, 2.75) is 0 Å². The van der Waals surface area contributed by atoms with Crippen LogP contribution in [0.4, 0.5) is 5.88 Å². The van der Waals surface area contributed by atoms with Crippen molar-refractivity contribution < 1.29 is 48.8 Å². The average Bonchev–Trinajstić information content (AvgIpc) is 2.86. The molecule has 0 aliphatic carbocycles. The van der Waals surface area contributed by atoms with Crippen LogP contribution < -0.4 is 34.7 Å². The van der Waals surface area contributed by atoms with E-state index >= 15 is 0 Å². The van der Waals surface area contributed by atoms with Gasteiger partial charge < -0.3 is 14.3 Å². The Hall–Kier alpha value is -1.89. The maximum Gasteiger partial charge on any atom is 1.00 e. The van der Waals surface area contributed by atoms with E-state index in [1.54, 1.807) is 24.3 Å². The maximum absolute atomic E-state index is 10.6. The van der Waals surface area contributed by atoms with Crippen molar-refractivity contribution in [3.63, 3.8) is 0 Å². The van der Waals surface area contributed by atoms with E-state index in [4.69, 9.17) is 4.42 Å². The summed E-state index contributed by atoms with van der Waals surface area (Å²) in [5, 5.41) is 21.0.